The van der Waals surface area contributed by atoms with Crippen LogP contribution >= 0.6 is 0 Å². The summed E-state index contributed by atoms with van der Waals surface area (Å²) in [7, 11) is 1.67. The van der Waals surface area contributed by atoms with Crippen LogP contribution < -0.4 is 9.80 Å². The van der Waals surface area contributed by atoms with Gasteiger partial charge in [-0.15, -0.1) is 0 Å². The van der Waals surface area contributed by atoms with Crippen LogP contribution in [0.4, 0.5) is 11.4 Å². The molecule has 0 radical (unpaired) electrons. The Kier molecular flexibility index (Phi) is 3.24. The number of hydrogen-bond donors (Lipinski definition) is 0. The van der Waals surface area contributed by atoms with Gasteiger partial charge in [-0.3, -0.25) is 9.59 Å². The minimum absolute atomic E-state index is 0.389. The lowest BCUT2D eigenvalue weighted by atomic mass is 9.98. The fourth-order valence-corrected chi connectivity index (χ4v) is 3.31. The van der Waals surface area contributed by atoms with Gasteiger partial charge in [0.2, 0.25) is 0 Å². The highest BCUT2D eigenvalue weighted by atomic mass is 16.2. The van der Waals surface area contributed by atoms with Crippen LogP contribution in [0.15, 0.2) is 18.2 Å². The molecular weight excluding hydrogens is 252 g/mol. The van der Waals surface area contributed by atoms with Crippen LogP contribution in [0, 0.1) is 0 Å². The Labute approximate surface area is 119 Å². The fourth-order valence-electron chi connectivity index (χ4n) is 3.31. The largest absolute Gasteiger partial charge is 0.368 e. The first kappa shape index (κ1) is 13.2. The number of piperidine rings is 1. The molecule has 2 heterocycles. The third-order valence-corrected chi connectivity index (χ3v) is 4.52. The highest BCUT2D eigenvalue weighted by Crippen LogP contribution is 2.34. The Morgan fingerprint density at radius 1 is 1.25 bits per heavy atom. The number of benzene rings is 1. The van der Waals surface area contributed by atoms with E-state index in [1.807, 2.05) is 12.1 Å². The second-order valence-corrected chi connectivity index (χ2v) is 5.65. The molecule has 2 aliphatic heterocycles. The Hall–Kier alpha value is -1.84. The molecule has 4 nitrogen and oxygen atoms in total. The highest BCUT2D eigenvalue weighted by molar-refractivity contribution is 6.52. The van der Waals surface area contributed by atoms with E-state index in [9.17, 15) is 9.59 Å². The van der Waals surface area contributed by atoms with Crippen molar-refractivity contribution in [3.05, 3.63) is 23.8 Å². The van der Waals surface area contributed by atoms with Crippen molar-refractivity contribution in [1.82, 2.24) is 0 Å². The SMILES string of the molecule is CCC1CCCCN1c1ccc2c(c1)N(C)C(=O)C2=O. The van der Waals surface area contributed by atoms with Gasteiger partial charge in [0.05, 0.1) is 11.3 Å². The van der Waals surface area contributed by atoms with Crippen molar-refractivity contribution in [3.8, 4) is 0 Å². The number of fused-ring (bicyclic) bond motifs is 1. The Morgan fingerprint density at radius 2 is 2.05 bits per heavy atom. The van der Waals surface area contributed by atoms with Crippen molar-refractivity contribution in [3.63, 3.8) is 0 Å². The molecule has 2 aliphatic rings. The van der Waals surface area contributed by atoms with Gasteiger partial charge in [0.1, 0.15) is 0 Å². The number of hydrogen-bond acceptors (Lipinski definition) is 3. The first-order chi connectivity index (χ1) is 9.63. The monoisotopic (exact) mass is 272 g/mol. The number of anilines is 2. The minimum atomic E-state index is -0.428. The van der Waals surface area contributed by atoms with Crippen LogP contribution in [0.2, 0.25) is 0 Å². The molecule has 1 aromatic rings. The molecule has 106 valence electrons. The molecule has 0 bridgehead atoms. The van der Waals surface area contributed by atoms with Crippen LogP contribution in [-0.4, -0.2) is 31.3 Å². The van der Waals surface area contributed by atoms with Crippen molar-refractivity contribution in [1.29, 1.82) is 0 Å². The van der Waals surface area contributed by atoms with Gasteiger partial charge < -0.3 is 9.80 Å². The van der Waals surface area contributed by atoms with Gasteiger partial charge in [0.15, 0.2) is 0 Å². The highest BCUT2D eigenvalue weighted by Gasteiger charge is 2.34. The van der Waals surface area contributed by atoms with E-state index in [0.717, 1.165) is 24.3 Å². The lowest BCUT2D eigenvalue weighted by Gasteiger charge is -2.37. The van der Waals surface area contributed by atoms with Crippen molar-refractivity contribution in [2.24, 2.45) is 0 Å². The molecule has 4 heteroatoms. The number of nitrogens with zero attached hydrogens (tertiary/aromatic N) is 2. The van der Waals surface area contributed by atoms with Gasteiger partial charge in [0.25, 0.3) is 11.7 Å². The quantitative estimate of drug-likeness (QED) is 0.777. The first-order valence-electron chi connectivity index (χ1n) is 7.36. The molecule has 0 N–H and O–H groups in total. The fraction of sp³-hybridized carbons (Fsp3) is 0.500. The predicted octanol–water partition coefficient (Wildman–Crippen LogP) is 2.61. The van der Waals surface area contributed by atoms with E-state index < -0.39 is 5.91 Å². The third-order valence-electron chi connectivity index (χ3n) is 4.52. The normalized spacial score (nSPS) is 22.4. The molecule has 20 heavy (non-hydrogen) atoms. The van der Waals surface area contributed by atoms with E-state index in [0.29, 0.717) is 11.6 Å². The molecule has 1 amide bonds. The van der Waals surface area contributed by atoms with Gasteiger partial charge in [-0.25, -0.2) is 0 Å². The zero-order valence-electron chi connectivity index (χ0n) is 12.1. The van der Waals surface area contributed by atoms with Gasteiger partial charge in [-0.05, 0) is 43.9 Å². The maximum absolute atomic E-state index is 11.8. The summed E-state index contributed by atoms with van der Waals surface area (Å²) in [5.41, 5.74) is 2.41. The second-order valence-electron chi connectivity index (χ2n) is 5.65. The molecule has 0 spiro atoms. The molecule has 1 atom stereocenters. The molecule has 1 aromatic carbocycles. The van der Waals surface area contributed by atoms with Crippen molar-refractivity contribution < 1.29 is 9.59 Å². The van der Waals surface area contributed by atoms with E-state index in [2.05, 4.69) is 11.8 Å². The van der Waals surface area contributed by atoms with E-state index >= 15 is 0 Å². The van der Waals surface area contributed by atoms with Crippen LogP contribution in [0.1, 0.15) is 43.0 Å². The third kappa shape index (κ3) is 1.90. The zero-order chi connectivity index (χ0) is 14.3. The standard InChI is InChI=1S/C16H20N2O2/c1-3-11-6-4-5-9-18(11)12-7-8-13-14(10-12)17(2)16(20)15(13)19/h7-8,10-11H,3-6,9H2,1-2H3. The van der Waals surface area contributed by atoms with Gasteiger partial charge in [0, 0.05) is 25.3 Å². The van der Waals surface area contributed by atoms with Crippen molar-refractivity contribution in [2.75, 3.05) is 23.4 Å². The maximum atomic E-state index is 11.8. The minimum Gasteiger partial charge on any atom is -0.368 e. The summed E-state index contributed by atoms with van der Waals surface area (Å²) in [6, 6.07) is 6.35. The molecule has 1 fully saturated rings. The summed E-state index contributed by atoms with van der Waals surface area (Å²) >= 11 is 0. The number of likely N-dealkylation sites (N-methyl/N-ethyl adjacent to an activating group) is 1. The summed E-state index contributed by atoms with van der Waals surface area (Å²) < 4.78 is 0. The van der Waals surface area contributed by atoms with E-state index in [1.54, 1.807) is 13.1 Å². The average molecular weight is 272 g/mol. The van der Waals surface area contributed by atoms with E-state index in [1.165, 1.54) is 24.2 Å². The predicted molar refractivity (Wildman–Crippen MR) is 79.5 cm³/mol. The number of amides is 1. The number of carbonyl (C=O) groups excluding carboxylic acids is 2. The maximum Gasteiger partial charge on any atom is 0.299 e. The summed E-state index contributed by atoms with van der Waals surface area (Å²) in [5.74, 6) is -0.817. The summed E-state index contributed by atoms with van der Waals surface area (Å²) in [4.78, 5) is 27.4. The molecular formula is C16H20N2O2. The number of ketones is 1. The van der Waals surface area contributed by atoms with Gasteiger partial charge >= 0.3 is 0 Å². The van der Waals surface area contributed by atoms with Crippen molar-refractivity contribution >= 4 is 23.1 Å². The van der Waals surface area contributed by atoms with Crippen LogP contribution in [0.3, 0.4) is 0 Å². The second kappa shape index (κ2) is 4.93. The lowest BCUT2D eigenvalue weighted by molar-refractivity contribution is -0.114. The molecule has 3 rings (SSSR count). The Balaban J connectivity index is 1.97. The average Bonchev–Trinajstić information content (AvgIpc) is 2.71. The molecule has 1 saturated heterocycles. The van der Waals surface area contributed by atoms with Crippen LogP contribution in [-0.2, 0) is 4.79 Å². The Bertz CT molecular complexity index is 568. The first-order valence-corrected chi connectivity index (χ1v) is 7.36. The molecule has 0 saturated carbocycles. The molecule has 0 aromatic heterocycles. The van der Waals surface area contributed by atoms with E-state index in [4.69, 9.17) is 0 Å². The molecule has 1 unspecified atom stereocenters. The van der Waals surface area contributed by atoms with Gasteiger partial charge in [-0.2, -0.15) is 0 Å². The van der Waals surface area contributed by atoms with Gasteiger partial charge in [-0.1, -0.05) is 6.92 Å². The topological polar surface area (TPSA) is 40.6 Å². The lowest BCUT2D eigenvalue weighted by Crippen LogP contribution is -2.39. The van der Waals surface area contributed by atoms with Crippen LogP contribution in [0.5, 0.6) is 0 Å². The van der Waals surface area contributed by atoms with E-state index in [-0.39, 0.29) is 5.78 Å². The Morgan fingerprint density at radius 3 is 2.80 bits per heavy atom. The molecule has 0 aliphatic carbocycles. The number of Topliss-reactive ketones (excluding diaryl/α,β-unsaturated/α-hetero) is 1. The zero-order valence-corrected chi connectivity index (χ0v) is 12.1. The summed E-state index contributed by atoms with van der Waals surface area (Å²) in [5, 5.41) is 0. The number of carbonyl (C=O) groups is 2. The summed E-state index contributed by atoms with van der Waals surface area (Å²) in [6.07, 6.45) is 4.85. The summed E-state index contributed by atoms with van der Waals surface area (Å²) in [6.45, 7) is 3.28. The van der Waals surface area contributed by atoms with Crippen LogP contribution in [0.25, 0.3) is 0 Å². The van der Waals surface area contributed by atoms with Crippen molar-refractivity contribution in [2.45, 2.75) is 38.6 Å². The smallest absolute Gasteiger partial charge is 0.299 e. The number of rotatable bonds is 2.